The van der Waals surface area contributed by atoms with Crippen molar-refractivity contribution in [2.45, 2.75) is 65.0 Å². The van der Waals surface area contributed by atoms with E-state index >= 15 is 0 Å². The Balaban J connectivity index is 1.49. The van der Waals surface area contributed by atoms with Gasteiger partial charge in [-0.15, -0.1) is 0 Å². The second-order valence-electron chi connectivity index (χ2n) is 13.2. The normalized spacial score (nSPS) is 19.2. The molecule has 0 radical (unpaired) electrons. The molecule has 1 aliphatic carbocycles. The van der Waals surface area contributed by atoms with Crippen LogP contribution in [0.5, 0.6) is 17.2 Å². The summed E-state index contributed by atoms with van der Waals surface area (Å²) in [6, 6.07) is 5.71. The van der Waals surface area contributed by atoms with Gasteiger partial charge >= 0.3 is 0 Å². The van der Waals surface area contributed by atoms with E-state index in [4.69, 9.17) is 14.2 Å². The second-order valence-corrected chi connectivity index (χ2v) is 15.1. The zero-order valence-corrected chi connectivity index (χ0v) is 30.2. The van der Waals surface area contributed by atoms with Crippen molar-refractivity contribution in [2.75, 3.05) is 65.9 Å². The van der Waals surface area contributed by atoms with E-state index in [0.717, 1.165) is 24.0 Å². The topological polar surface area (TPSA) is 147 Å². The monoisotopic (exact) mass is 699 g/mol. The minimum Gasteiger partial charge on any atom is -0.493 e. The fourth-order valence-electron chi connectivity index (χ4n) is 7.13. The first-order valence-corrected chi connectivity index (χ1v) is 18.4. The Morgan fingerprint density at radius 3 is 2.18 bits per heavy atom. The van der Waals surface area contributed by atoms with Crippen LogP contribution in [0.15, 0.2) is 29.1 Å². The number of carbonyl (C=O) groups excluding carboxylic acids is 2. The Morgan fingerprint density at radius 2 is 1.55 bits per heavy atom. The fraction of sp³-hybridized carbons (Fsp3) is 0.571. The van der Waals surface area contributed by atoms with Crippen LogP contribution in [0.4, 0.5) is 5.69 Å². The Labute approximate surface area is 289 Å². The van der Waals surface area contributed by atoms with Crippen LogP contribution in [-0.4, -0.2) is 100 Å². The van der Waals surface area contributed by atoms with Gasteiger partial charge in [0.2, 0.25) is 23.0 Å². The van der Waals surface area contributed by atoms with E-state index in [0.29, 0.717) is 73.8 Å². The molecular formula is C35H49N5O8S. The molecule has 5 rings (SSSR count). The van der Waals surface area contributed by atoms with E-state index < -0.39 is 22.3 Å². The molecule has 2 saturated heterocycles. The number of aryl methyl sites for hydroxylation is 1. The van der Waals surface area contributed by atoms with Gasteiger partial charge in [0.1, 0.15) is 6.04 Å². The number of ether oxygens (including phenoxy) is 3. The molecule has 0 unspecified atom stereocenters. The van der Waals surface area contributed by atoms with E-state index in [-0.39, 0.29) is 41.9 Å². The van der Waals surface area contributed by atoms with Gasteiger partial charge in [-0.25, -0.2) is 0 Å². The summed E-state index contributed by atoms with van der Waals surface area (Å²) in [6.45, 7) is 7.57. The van der Waals surface area contributed by atoms with Crippen molar-refractivity contribution in [3.63, 3.8) is 0 Å². The Morgan fingerprint density at radius 1 is 0.878 bits per heavy atom. The molecule has 2 fully saturated rings. The third kappa shape index (κ3) is 7.51. The summed E-state index contributed by atoms with van der Waals surface area (Å²) < 4.78 is 46.6. The summed E-state index contributed by atoms with van der Waals surface area (Å²) in [4.78, 5) is 42.0. The summed E-state index contributed by atoms with van der Waals surface area (Å²) in [5.74, 6) is 0.765. The molecule has 13 nitrogen and oxygen atoms in total. The Hall–Kier alpha value is -3.88. The first kappa shape index (κ1) is 36.4. The lowest BCUT2D eigenvalue weighted by Crippen LogP contribution is -2.48. The van der Waals surface area contributed by atoms with Gasteiger partial charge in [0.25, 0.3) is 10.2 Å². The molecule has 3 aliphatic rings. The second kappa shape index (κ2) is 15.3. The van der Waals surface area contributed by atoms with Crippen LogP contribution in [-0.2, 0) is 26.2 Å². The number of methoxy groups -OCH3 is 3. The van der Waals surface area contributed by atoms with Crippen LogP contribution in [0, 0.1) is 5.92 Å². The van der Waals surface area contributed by atoms with Gasteiger partial charge in [0.05, 0.1) is 33.1 Å². The maximum absolute atomic E-state index is 14.0. The largest absolute Gasteiger partial charge is 0.493 e. The van der Waals surface area contributed by atoms with E-state index in [9.17, 15) is 22.8 Å². The molecule has 268 valence electrons. The average Bonchev–Trinajstić information content (AvgIpc) is 3.38. The molecule has 2 atom stereocenters. The molecule has 14 heteroatoms. The van der Waals surface area contributed by atoms with Crippen LogP contribution in [0.2, 0.25) is 0 Å². The van der Waals surface area contributed by atoms with E-state index in [1.54, 1.807) is 25.2 Å². The summed E-state index contributed by atoms with van der Waals surface area (Å²) in [5.41, 5.74) is 2.85. The Kier molecular flexibility index (Phi) is 11.4. The third-order valence-corrected chi connectivity index (χ3v) is 11.7. The van der Waals surface area contributed by atoms with Gasteiger partial charge in [0.15, 0.2) is 11.5 Å². The van der Waals surface area contributed by atoms with Gasteiger partial charge in [-0.2, -0.15) is 17.0 Å². The number of carbonyl (C=O) groups is 2. The lowest BCUT2D eigenvalue weighted by atomic mass is 9.95. The number of hydrogen-bond donors (Lipinski definition) is 2. The minimum absolute atomic E-state index is 0.187. The number of anilines is 1. The zero-order chi connectivity index (χ0) is 35.5. The van der Waals surface area contributed by atoms with E-state index in [1.165, 1.54) is 28.7 Å². The number of rotatable bonds is 10. The van der Waals surface area contributed by atoms with Crippen molar-refractivity contribution >= 4 is 27.7 Å². The molecule has 2 aromatic rings. The van der Waals surface area contributed by atoms with Gasteiger partial charge in [-0.1, -0.05) is 19.9 Å². The molecule has 0 aromatic heterocycles. The maximum Gasteiger partial charge on any atom is 0.282 e. The van der Waals surface area contributed by atoms with E-state index in [2.05, 4.69) is 10.6 Å². The summed E-state index contributed by atoms with van der Waals surface area (Å²) in [5, 5.41) is 6.26. The smallest absolute Gasteiger partial charge is 0.282 e. The molecule has 2 aromatic carbocycles. The predicted molar refractivity (Wildman–Crippen MR) is 187 cm³/mol. The highest BCUT2D eigenvalue weighted by molar-refractivity contribution is 7.86. The quantitative estimate of drug-likeness (QED) is 0.382. The lowest BCUT2D eigenvalue weighted by molar-refractivity contribution is -0.132. The minimum atomic E-state index is -3.57. The summed E-state index contributed by atoms with van der Waals surface area (Å²) >= 11 is 0. The van der Waals surface area contributed by atoms with E-state index in [1.807, 2.05) is 26.0 Å². The molecule has 0 spiro atoms. The average molecular weight is 700 g/mol. The van der Waals surface area contributed by atoms with Crippen LogP contribution in [0.1, 0.15) is 63.6 Å². The Bertz CT molecular complexity index is 1730. The highest BCUT2D eigenvalue weighted by atomic mass is 32.2. The van der Waals surface area contributed by atoms with Gasteiger partial charge in [-0.3, -0.25) is 14.4 Å². The van der Waals surface area contributed by atoms with Gasteiger partial charge in [-0.05, 0) is 72.9 Å². The molecule has 2 N–H and O–H groups in total. The molecular weight excluding hydrogens is 650 g/mol. The van der Waals surface area contributed by atoms with Crippen molar-refractivity contribution in [1.82, 2.24) is 18.8 Å². The van der Waals surface area contributed by atoms with Crippen LogP contribution < -0.4 is 30.3 Å². The van der Waals surface area contributed by atoms with Crippen molar-refractivity contribution in [1.29, 1.82) is 0 Å². The fourth-order valence-corrected chi connectivity index (χ4v) is 8.85. The summed E-state index contributed by atoms with van der Waals surface area (Å²) in [7, 11) is 1.07. The number of amides is 2. The van der Waals surface area contributed by atoms with Crippen molar-refractivity contribution in [2.24, 2.45) is 5.92 Å². The molecule has 2 heterocycles. The van der Waals surface area contributed by atoms with Crippen molar-refractivity contribution in [3.8, 4) is 28.4 Å². The van der Waals surface area contributed by atoms with Crippen molar-refractivity contribution in [3.05, 3.63) is 45.6 Å². The number of fused-ring (bicyclic) bond motifs is 3. The third-order valence-electron chi connectivity index (χ3n) is 9.64. The zero-order valence-electron chi connectivity index (χ0n) is 29.3. The van der Waals surface area contributed by atoms with Crippen molar-refractivity contribution < 1.29 is 32.2 Å². The van der Waals surface area contributed by atoms with Crippen LogP contribution in [0.3, 0.4) is 0 Å². The number of nitrogens with one attached hydrogen (secondary N) is 2. The number of benzene rings is 1. The predicted octanol–water partition coefficient (Wildman–Crippen LogP) is 3.17. The molecule has 49 heavy (non-hydrogen) atoms. The maximum atomic E-state index is 14.0. The summed E-state index contributed by atoms with van der Waals surface area (Å²) in [6.07, 6.45) is 3.34. The number of nitrogens with zero attached hydrogens (tertiary/aromatic N) is 3. The first-order valence-electron chi connectivity index (χ1n) is 17.0. The highest BCUT2D eigenvalue weighted by Gasteiger charge is 2.36. The molecule has 2 aliphatic heterocycles. The van der Waals surface area contributed by atoms with Crippen LogP contribution in [0.25, 0.3) is 11.1 Å². The number of hydrogen-bond acceptors (Lipinski definition) is 9. The first-order chi connectivity index (χ1) is 23.4. The standard InChI is InChI=1S/C35H49N5O8S/c1-22(2)32(35(43)38-14-9-17-40(19-18-38)49(44,45)39-15-7-8-16-39)37-28-13-11-25-26(21-29(28)42)27(36-23(3)41)12-10-24-20-30(46-4)33(47-5)34(48-6)31(24)25/h11,13,20-22,27,32H,7-10,12,14-19H2,1-6H3,(H,36,41)(H,37,42)/t27-,32-/m0/s1. The van der Waals surface area contributed by atoms with Gasteiger partial charge < -0.3 is 29.7 Å². The SMILES string of the molecule is COc1cc2c(c(OC)c1OC)-c1ccc(N[C@H](C(=O)N3CCCN(S(=O)(=O)N4CCCC4)CC3)C(C)C)c(=O)cc1[C@@H](NC(C)=O)CC2. The molecule has 0 saturated carbocycles. The van der Waals surface area contributed by atoms with Crippen LogP contribution >= 0.6 is 0 Å². The molecule has 2 amide bonds. The molecule has 0 bridgehead atoms. The van der Waals surface area contributed by atoms with Gasteiger partial charge in [0, 0.05) is 51.8 Å². The lowest BCUT2D eigenvalue weighted by Gasteiger charge is -2.29. The highest BCUT2D eigenvalue weighted by Crippen LogP contribution is 2.50.